The summed E-state index contributed by atoms with van der Waals surface area (Å²) < 4.78 is 13.3. The number of piperidine rings is 1. The van der Waals surface area contributed by atoms with Gasteiger partial charge in [-0.15, -0.1) is 12.4 Å². The van der Waals surface area contributed by atoms with E-state index in [4.69, 9.17) is 0 Å². The quantitative estimate of drug-likeness (QED) is 0.823. The number of hydrogen-bond acceptors (Lipinski definition) is 2. The first-order chi connectivity index (χ1) is 12.2. The molecule has 4 rings (SSSR count). The van der Waals surface area contributed by atoms with E-state index in [9.17, 15) is 9.18 Å². The van der Waals surface area contributed by atoms with Crippen LogP contribution in [-0.2, 0) is 13.1 Å². The third kappa shape index (κ3) is 4.00. The Morgan fingerprint density at radius 3 is 2.46 bits per heavy atom. The molecule has 2 aliphatic rings. The number of benzene rings is 2. The molecule has 6 heteroatoms. The van der Waals surface area contributed by atoms with Gasteiger partial charge >= 0.3 is 6.03 Å². The lowest BCUT2D eigenvalue weighted by molar-refractivity contribution is 0.212. The number of nitrogens with zero attached hydrogens (tertiary/aromatic N) is 1. The van der Waals surface area contributed by atoms with Gasteiger partial charge in [-0.05, 0) is 72.8 Å². The molecule has 2 aromatic rings. The van der Waals surface area contributed by atoms with E-state index < -0.39 is 0 Å². The molecule has 26 heavy (non-hydrogen) atoms. The summed E-state index contributed by atoms with van der Waals surface area (Å²) in [7, 11) is 0. The van der Waals surface area contributed by atoms with Crippen molar-refractivity contribution in [2.75, 3.05) is 18.4 Å². The van der Waals surface area contributed by atoms with Crippen LogP contribution in [0.3, 0.4) is 0 Å². The van der Waals surface area contributed by atoms with Crippen molar-refractivity contribution in [2.45, 2.75) is 31.8 Å². The van der Waals surface area contributed by atoms with Gasteiger partial charge in [0, 0.05) is 18.8 Å². The number of nitrogens with one attached hydrogen (secondary N) is 2. The van der Waals surface area contributed by atoms with Crippen LogP contribution in [0.2, 0.25) is 0 Å². The Bertz CT molecular complexity index is 775. The number of amides is 2. The molecule has 2 N–H and O–H groups in total. The van der Waals surface area contributed by atoms with Crippen molar-refractivity contribution in [3.63, 3.8) is 0 Å². The van der Waals surface area contributed by atoms with Gasteiger partial charge in [-0.1, -0.05) is 18.2 Å². The fourth-order valence-corrected chi connectivity index (χ4v) is 3.70. The Kier molecular flexibility index (Phi) is 5.79. The van der Waals surface area contributed by atoms with E-state index in [1.165, 1.54) is 17.7 Å². The number of halogens is 2. The first-order valence-electron chi connectivity index (χ1n) is 8.83. The maximum absolute atomic E-state index is 13.3. The number of anilines is 1. The van der Waals surface area contributed by atoms with Crippen molar-refractivity contribution in [1.82, 2.24) is 10.2 Å². The molecule has 0 spiro atoms. The maximum Gasteiger partial charge on any atom is 0.322 e. The largest absolute Gasteiger partial charge is 0.322 e. The molecule has 0 saturated carbocycles. The van der Waals surface area contributed by atoms with Crippen LogP contribution in [0.4, 0.5) is 14.9 Å². The molecular weight excluding hydrogens is 353 g/mol. The SMILES string of the molecule is Cl.O=C(Nc1ccc(C2CCNCC2)cc1)N1Cc2ccc(F)cc2C1. The zero-order valence-corrected chi connectivity index (χ0v) is 15.3. The monoisotopic (exact) mass is 375 g/mol. The van der Waals surface area contributed by atoms with Crippen LogP contribution < -0.4 is 10.6 Å². The van der Waals surface area contributed by atoms with Gasteiger partial charge in [-0.3, -0.25) is 0 Å². The van der Waals surface area contributed by atoms with Crippen LogP contribution in [-0.4, -0.2) is 24.0 Å². The summed E-state index contributed by atoms with van der Waals surface area (Å²) in [5.41, 5.74) is 4.03. The molecule has 0 aliphatic carbocycles. The normalized spacial score (nSPS) is 16.7. The smallest absolute Gasteiger partial charge is 0.317 e. The molecule has 138 valence electrons. The van der Waals surface area contributed by atoms with Crippen molar-refractivity contribution in [2.24, 2.45) is 0 Å². The Morgan fingerprint density at radius 2 is 1.73 bits per heavy atom. The molecule has 2 amide bonds. The molecule has 0 unspecified atom stereocenters. The number of carbonyl (C=O) groups is 1. The van der Waals surface area contributed by atoms with Crippen molar-refractivity contribution < 1.29 is 9.18 Å². The highest BCUT2D eigenvalue weighted by molar-refractivity contribution is 5.89. The lowest BCUT2D eigenvalue weighted by Crippen LogP contribution is -2.30. The average Bonchev–Trinajstić information content (AvgIpc) is 3.06. The molecule has 4 nitrogen and oxygen atoms in total. The summed E-state index contributed by atoms with van der Waals surface area (Å²) in [5.74, 6) is 0.350. The van der Waals surface area contributed by atoms with Crippen LogP contribution in [0.5, 0.6) is 0 Å². The summed E-state index contributed by atoms with van der Waals surface area (Å²) in [6, 6.07) is 12.7. The molecule has 2 heterocycles. The van der Waals surface area contributed by atoms with Crippen LogP contribution in [0.15, 0.2) is 42.5 Å². The fourth-order valence-electron chi connectivity index (χ4n) is 3.70. The van der Waals surface area contributed by atoms with Crippen LogP contribution in [0.25, 0.3) is 0 Å². The predicted octanol–water partition coefficient (Wildman–Crippen LogP) is 4.26. The first kappa shape index (κ1) is 18.7. The lowest BCUT2D eigenvalue weighted by Gasteiger charge is -2.23. The van der Waals surface area contributed by atoms with E-state index in [1.54, 1.807) is 11.0 Å². The minimum atomic E-state index is -0.255. The van der Waals surface area contributed by atoms with Crippen molar-refractivity contribution in [3.05, 3.63) is 65.0 Å². The highest BCUT2D eigenvalue weighted by Crippen LogP contribution is 2.27. The molecular formula is C20H23ClFN3O. The molecule has 2 aliphatic heterocycles. The fraction of sp³-hybridized carbons (Fsp3) is 0.350. The first-order valence-corrected chi connectivity index (χ1v) is 8.83. The van der Waals surface area contributed by atoms with Crippen molar-refractivity contribution in [3.8, 4) is 0 Å². The molecule has 1 fully saturated rings. The Morgan fingerprint density at radius 1 is 1.04 bits per heavy atom. The molecule has 0 radical (unpaired) electrons. The van der Waals surface area contributed by atoms with Crippen LogP contribution in [0.1, 0.15) is 35.4 Å². The number of carbonyl (C=O) groups excluding carboxylic acids is 1. The highest BCUT2D eigenvalue weighted by Gasteiger charge is 2.23. The van der Waals surface area contributed by atoms with E-state index >= 15 is 0 Å². The van der Waals surface area contributed by atoms with E-state index in [2.05, 4.69) is 22.8 Å². The Labute approximate surface area is 159 Å². The van der Waals surface area contributed by atoms with Gasteiger partial charge in [0.1, 0.15) is 5.82 Å². The van der Waals surface area contributed by atoms with Gasteiger partial charge in [0.2, 0.25) is 0 Å². The summed E-state index contributed by atoms with van der Waals surface area (Å²) in [6.45, 7) is 3.11. The van der Waals surface area contributed by atoms with Crippen molar-refractivity contribution >= 4 is 24.1 Å². The van der Waals surface area contributed by atoms with Crippen LogP contribution >= 0.6 is 12.4 Å². The van der Waals surface area contributed by atoms with Gasteiger partial charge in [0.05, 0.1) is 0 Å². The number of fused-ring (bicyclic) bond motifs is 1. The van der Waals surface area contributed by atoms with Crippen LogP contribution in [0, 0.1) is 5.82 Å². The second kappa shape index (κ2) is 8.06. The third-order valence-corrected chi connectivity index (χ3v) is 5.15. The van der Waals surface area contributed by atoms with E-state index in [0.29, 0.717) is 19.0 Å². The van der Waals surface area contributed by atoms with Gasteiger partial charge in [0.15, 0.2) is 0 Å². The van der Waals surface area contributed by atoms with Crippen molar-refractivity contribution in [1.29, 1.82) is 0 Å². The number of urea groups is 1. The zero-order valence-electron chi connectivity index (χ0n) is 14.5. The zero-order chi connectivity index (χ0) is 17.2. The lowest BCUT2D eigenvalue weighted by atomic mass is 9.90. The molecule has 2 aromatic carbocycles. The molecule has 0 bridgehead atoms. The second-order valence-electron chi connectivity index (χ2n) is 6.85. The summed E-state index contributed by atoms with van der Waals surface area (Å²) >= 11 is 0. The Hall–Kier alpha value is -2.11. The second-order valence-corrected chi connectivity index (χ2v) is 6.85. The summed E-state index contributed by atoms with van der Waals surface area (Å²) in [6.07, 6.45) is 2.32. The molecule has 0 aromatic heterocycles. The maximum atomic E-state index is 13.3. The minimum Gasteiger partial charge on any atom is -0.317 e. The van der Waals surface area contributed by atoms with E-state index in [0.717, 1.165) is 42.7 Å². The summed E-state index contributed by atoms with van der Waals surface area (Å²) in [4.78, 5) is 14.2. The Balaban J connectivity index is 0.00000196. The van der Waals surface area contributed by atoms with E-state index in [1.807, 2.05) is 12.1 Å². The van der Waals surface area contributed by atoms with Gasteiger partial charge in [-0.25, -0.2) is 9.18 Å². The molecule has 0 atom stereocenters. The van der Waals surface area contributed by atoms with Gasteiger partial charge < -0.3 is 15.5 Å². The number of hydrogen-bond donors (Lipinski definition) is 2. The van der Waals surface area contributed by atoms with Gasteiger partial charge in [-0.2, -0.15) is 0 Å². The van der Waals surface area contributed by atoms with E-state index in [-0.39, 0.29) is 24.3 Å². The highest BCUT2D eigenvalue weighted by atomic mass is 35.5. The summed E-state index contributed by atoms with van der Waals surface area (Å²) in [5, 5.41) is 6.32. The third-order valence-electron chi connectivity index (χ3n) is 5.15. The number of rotatable bonds is 2. The molecule has 1 saturated heterocycles. The average molecular weight is 376 g/mol. The predicted molar refractivity (Wildman–Crippen MR) is 103 cm³/mol. The standard InChI is InChI=1S/C20H22FN3O.ClH/c21-18-4-1-16-12-24(13-17(16)11-18)20(25)23-19-5-2-14(3-6-19)15-7-9-22-10-8-15;/h1-6,11,15,22H,7-10,12-13H2,(H,23,25);1H. The minimum absolute atomic E-state index is 0. The van der Waals surface area contributed by atoms with Gasteiger partial charge in [0.25, 0.3) is 0 Å². The topological polar surface area (TPSA) is 44.4 Å².